The number of benzene rings is 2. The van der Waals surface area contributed by atoms with E-state index in [0.29, 0.717) is 5.69 Å². The Morgan fingerprint density at radius 1 is 0.722 bits per heavy atom. The number of para-hydroxylation sites is 2. The molecule has 0 unspecified atom stereocenters. The molecule has 2 heteroatoms. The van der Waals surface area contributed by atoms with E-state index < -0.39 is 0 Å². The molecule has 0 spiro atoms. The maximum Gasteiger partial charge on any atom is 0.132 e. The van der Waals surface area contributed by atoms with Crippen molar-refractivity contribution >= 4 is 11.0 Å². The largest absolute Gasteiger partial charge is 0.252 e. The Labute approximate surface area is 105 Å². The lowest BCUT2D eigenvalue weighted by atomic mass is 10.2. The summed E-state index contributed by atoms with van der Waals surface area (Å²) in [7, 11) is 0. The molecule has 3 aromatic rings. The molecule has 0 aliphatic carbocycles. The highest BCUT2D eigenvalue weighted by Crippen LogP contribution is 2.07. The third-order valence-corrected chi connectivity index (χ3v) is 2.56. The molecule has 0 N–H and O–H groups in total. The molecule has 0 aliphatic rings. The summed E-state index contributed by atoms with van der Waals surface area (Å²) in [6, 6.07) is 17.6. The van der Waals surface area contributed by atoms with Gasteiger partial charge in [-0.25, -0.2) is 4.98 Å². The average molecular weight is 230 g/mol. The highest BCUT2D eigenvalue weighted by molar-refractivity contribution is 5.74. The van der Waals surface area contributed by atoms with Crippen LogP contribution in [0, 0.1) is 11.8 Å². The second-order valence-electron chi connectivity index (χ2n) is 3.86. The Balaban J connectivity index is 1.99. The van der Waals surface area contributed by atoms with Gasteiger partial charge in [-0.05, 0) is 30.2 Å². The summed E-state index contributed by atoms with van der Waals surface area (Å²) < 4.78 is 0. The van der Waals surface area contributed by atoms with E-state index >= 15 is 0 Å². The lowest BCUT2D eigenvalue weighted by Crippen LogP contribution is -1.87. The van der Waals surface area contributed by atoms with Gasteiger partial charge in [0.1, 0.15) is 5.69 Å². The van der Waals surface area contributed by atoms with Crippen molar-refractivity contribution in [2.75, 3.05) is 0 Å². The van der Waals surface area contributed by atoms with E-state index in [1.165, 1.54) is 0 Å². The Kier molecular flexibility index (Phi) is 2.73. The molecular weight excluding hydrogens is 220 g/mol. The zero-order chi connectivity index (χ0) is 12.2. The number of rotatable bonds is 0. The zero-order valence-electron chi connectivity index (χ0n) is 9.67. The van der Waals surface area contributed by atoms with Crippen LogP contribution in [0.2, 0.25) is 0 Å². The van der Waals surface area contributed by atoms with E-state index in [-0.39, 0.29) is 0 Å². The predicted octanol–water partition coefficient (Wildman–Crippen LogP) is 3.03. The molecule has 0 aliphatic heterocycles. The Morgan fingerprint density at radius 3 is 2.28 bits per heavy atom. The third kappa shape index (κ3) is 2.21. The van der Waals surface area contributed by atoms with Crippen molar-refractivity contribution in [3.05, 3.63) is 72.1 Å². The van der Waals surface area contributed by atoms with Crippen molar-refractivity contribution in [2.24, 2.45) is 0 Å². The molecule has 0 saturated carbocycles. The highest BCUT2D eigenvalue weighted by Gasteiger charge is 1.95. The van der Waals surface area contributed by atoms with Crippen LogP contribution >= 0.6 is 0 Å². The van der Waals surface area contributed by atoms with Gasteiger partial charge in [0.05, 0.1) is 17.2 Å². The number of aromatic nitrogens is 2. The molecule has 84 valence electrons. The molecule has 1 heterocycles. The zero-order valence-corrected chi connectivity index (χ0v) is 9.67. The maximum absolute atomic E-state index is 4.45. The quantitative estimate of drug-likeness (QED) is 0.555. The van der Waals surface area contributed by atoms with E-state index in [4.69, 9.17) is 0 Å². The van der Waals surface area contributed by atoms with E-state index in [1.807, 2.05) is 54.6 Å². The van der Waals surface area contributed by atoms with Gasteiger partial charge in [-0.3, -0.25) is 4.98 Å². The van der Waals surface area contributed by atoms with Crippen molar-refractivity contribution in [1.29, 1.82) is 0 Å². The van der Waals surface area contributed by atoms with Crippen molar-refractivity contribution in [1.82, 2.24) is 9.97 Å². The fraction of sp³-hybridized carbons (Fsp3) is 0. The Morgan fingerprint density at radius 2 is 1.44 bits per heavy atom. The van der Waals surface area contributed by atoms with Crippen molar-refractivity contribution in [2.45, 2.75) is 0 Å². The lowest BCUT2D eigenvalue weighted by Gasteiger charge is -1.95. The van der Waals surface area contributed by atoms with Crippen LogP contribution in [0.4, 0.5) is 0 Å². The van der Waals surface area contributed by atoms with Gasteiger partial charge in [-0.15, -0.1) is 0 Å². The minimum absolute atomic E-state index is 0.692. The van der Waals surface area contributed by atoms with Crippen molar-refractivity contribution in [3.8, 4) is 11.8 Å². The van der Waals surface area contributed by atoms with Crippen LogP contribution in [0.1, 0.15) is 11.3 Å². The van der Waals surface area contributed by atoms with Crippen molar-refractivity contribution in [3.63, 3.8) is 0 Å². The summed E-state index contributed by atoms with van der Waals surface area (Å²) in [5.41, 5.74) is 3.44. The second kappa shape index (κ2) is 4.68. The van der Waals surface area contributed by atoms with Gasteiger partial charge in [0.15, 0.2) is 0 Å². The average Bonchev–Trinajstić information content (AvgIpc) is 2.46. The summed E-state index contributed by atoms with van der Waals surface area (Å²) in [5, 5.41) is 0. The number of nitrogens with zero attached hydrogens (tertiary/aromatic N) is 2. The molecule has 1 aromatic heterocycles. The molecule has 0 saturated heterocycles. The first kappa shape index (κ1) is 10.5. The Hall–Kier alpha value is -2.66. The fourth-order valence-electron chi connectivity index (χ4n) is 1.68. The van der Waals surface area contributed by atoms with E-state index in [0.717, 1.165) is 16.6 Å². The van der Waals surface area contributed by atoms with Gasteiger partial charge in [0.25, 0.3) is 0 Å². The van der Waals surface area contributed by atoms with Gasteiger partial charge in [-0.1, -0.05) is 36.3 Å². The standard InChI is InChI=1S/C16H10N2/c1-2-6-13(7-3-1)10-11-14-12-17-15-8-4-5-9-16(15)18-14/h1-9,12H. The second-order valence-corrected chi connectivity index (χ2v) is 3.86. The highest BCUT2D eigenvalue weighted by atomic mass is 14.8. The lowest BCUT2D eigenvalue weighted by molar-refractivity contribution is 1.26. The van der Waals surface area contributed by atoms with Gasteiger partial charge in [0, 0.05) is 5.56 Å². The van der Waals surface area contributed by atoms with Crippen LogP contribution < -0.4 is 0 Å². The monoisotopic (exact) mass is 230 g/mol. The Bertz CT molecular complexity index is 737. The fourth-order valence-corrected chi connectivity index (χ4v) is 1.68. The normalized spacial score (nSPS) is 9.78. The topological polar surface area (TPSA) is 25.8 Å². The number of hydrogen-bond acceptors (Lipinski definition) is 2. The van der Waals surface area contributed by atoms with Crippen LogP contribution in [0.15, 0.2) is 60.8 Å². The summed E-state index contributed by atoms with van der Waals surface area (Å²) in [4.78, 5) is 8.78. The van der Waals surface area contributed by atoms with Crippen LogP contribution in [0.5, 0.6) is 0 Å². The molecule has 0 atom stereocenters. The van der Waals surface area contributed by atoms with E-state index in [9.17, 15) is 0 Å². The van der Waals surface area contributed by atoms with Crippen LogP contribution in [-0.4, -0.2) is 9.97 Å². The van der Waals surface area contributed by atoms with Gasteiger partial charge in [0.2, 0.25) is 0 Å². The smallest absolute Gasteiger partial charge is 0.132 e. The first-order chi connectivity index (χ1) is 8.92. The van der Waals surface area contributed by atoms with Crippen LogP contribution in [0.25, 0.3) is 11.0 Å². The molecular formula is C16H10N2. The minimum atomic E-state index is 0.692. The number of fused-ring (bicyclic) bond motifs is 1. The van der Waals surface area contributed by atoms with Crippen molar-refractivity contribution < 1.29 is 0 Å². The summed E-state index contributed by atoms with van der Waals surface area (Å²) in [6.07, 6.45) is 1.71. The summed E-state index contributed by atoms with van der Waals surface area (Å²) in [6.45, 7) is 0. The molecule has 2 aromatic carbocycles. The molecule has 18 heavy (non-hydrogen) atoms. The molecule has 3 rings (SSSR count). The molecule has 2 nitrogen and oxygen atoms in total. The van der Waals surface area contributed by atoms with Gasteiger partial charge >= 0.3 is 0 Å². The maximum atomic E-state index is 4.45. The van der Waals surface area contributed by atoms with Crippen LogP contribution in [-0.2, 0) is 0 Å². The van der Waals surface area contributed by atoms with Gasteiger partial charge < -0.3 is 0 Å². The van der Waals surface area contributed by atoms with Gasteiger partial charge in [-0.2, -0.15) is 0 Å². The predicted molar refractivity (Wildman–Crippen MR) is 72.0 cm³/mol. The molecule has 0 fully saturated rings. The SMILES string of the molecule is C(#Cc1cnc2ccccc2n1)c1ccccc1. The summed E-state index contributed by atoms with van der Waals surface area (Å²) in [5.74, 6) is 6.10. The first-order valence-corrected chi connectivity index (χ1v) is 5.71. The molecule has 0 amide bonds. The molecule has 0 bridgehead atoms. The first-order valence-electron chi connectivity index (χ1n) is 5.71. The molecule has 0 radical (unpaired) electrons. The summed E-state index contributed by atoms with van der Waals surface area (Å²) >= 11 is 0. The van der Waals surface area contributed by atoms with E-state index in [1.54, 1.807) is 6.20 Å². The number of hydrogen-bond donors (Lipinski definition) is 0. The van der Waals surface area contributed by atoms with E-state index in [2.05, 4.69) is 21.8 Å². The van der Waals surface area contributed by atoms with Crippen LogP contribution in [0.3, 0.4) is 0 Å². The third-order valence-electron chi connectivity index (χ3n) is 2.56. The minimum Gasteiger partial charge on any atom is -0.252 e.